The summed E-state index contributed by atoms with van der Waals surface area (Å²) < 4.78 is 0. The van der Waals surface area contributed by atoms with Crippen LogP contribution < -0.4 is 0 Å². The van der Waals surface area contributed by atoms with Crippen LogP contribution >= 0.6 is 0 Å². The van der Waals surface area contributed by atoms with Crippen LogP contribution in [0.5, 0.6) is 0 Å². The van der Waals surface area contributed by atoms with Gasteiger partial charge in [-0.2, -0.15) is 0 Å². The lowest BCUT2D eigenvalue weighted by atomic mass is 9.96. The van der Waals surface area contributed by atoms with Gasteiger partial charge in [-0.15, -0.1) is 0 Å². The summed E-state index contributed by atoms with van der Waals surface area (Å²) in [6.45, 7) is 8.54. The molecule has 4 aromatic carbocycles. The molecule has 6 rings (SSSR count). The van der Waals surface area contributed by atoms with Crippen molar-refractivity contribution in [2.45, 2.75) is 27.7 Å². The first-order chi connectivity index (χ1) is 17.0. The Morgan fingerprint density at radius 3 is 1.89 bits per heavy atom. The number of benzene rings is 4. The second-order valence-electron chi connectivity index (χ2n) is 9.73. The molecular weight excluding hydrogens is 424 g/mol. The van der Waals surface area contributed by atoms with E-state index in [4.69, 9.17) is 4.99 Å². The molecule has 0 spiro atoms. The number of aryl methyl sites for hydroxylation is 4. The summed E-state index contributed by atoms with van der Waals surface area (Å²) in [6, 6.07) is 30.7. The summed E-state index contributed by atoms with van der Waals surface area (Å²) in [6.07, 6.45) is 2.21. The number of fused-ring (bicyclic) bond motifs is 2. The van der Waals surface area contributed by atoms with Crippen molar-refractivity contribution in [3.05, 3.63) is 130 Å². The summed E-state index contributed by atoms with van der Waals surface area (Å²) in [4.78, 5) is 8.91. The molecule has 0 saturated heterocycles. The highest BCUT2D eigenvalue weighted by molar-refractivity contribution is 6.22. The third-order valence-electron chi connectivity index (χ3n) is 6.88. The van der Waals surface area contributed by atoms with Gasteiger partial charge in [0.2, 0.25) is 0 Å². The van der Waals surface area contributed by atoms with Crippen molar-refractivity contribution in [3.63, 3.8) is 0 Å². The van der Waals surface area contributed by atoms with Crippen LogP contribution in [0, 0.1) is 27.7 Å². The Balaban J connectivity index is 1.55. The number of H-pyrrole nitrogens is 1. The maximum Gasteiger partial charge on any atom is 0.0788 e. The second-order valence-corrected chi connectivity index (χ2v) is 9.73. The van der Waals surface area contributed by atoms with Gasteiger partial charge >= 0.3 is 0 Å². The summed E-state index contributed by atoms with van der Waals surface area (Å²) in [5.74, 6) is 0. The molecule has 0 fully saturated rings. The molecule has 1 aromatic heterocycles. The van der Waals surface area contributed by atoms with Gasteiger partial charge in [0, 0.05) is 33.2 Å². The van der Waals surface area contributed by atoms with Crippen LogP contribution in [0.15, 0.2) is 89.9 Å². The highest BCUT2D eigenvalue weighted by Gasteiger charge is 2.22. The summed E-state index contributed by atoms with van der Waals surface area (Å²) in [5, 5.41) is 2.46. The molecule has 0 saturated carbocycles. The number of aromatic amines is 1. The predicted molar refractivity (Wildman–Crippen MR) is 149 cm³/mol. The molecule has 170 valence electrons. The average Bonchev–Trinajstić information content (AvgIpc) is 3.38. The molecule has 1 aliphatic heterocycles. The lowest BCUT2D eigenvalue weighted by Gasteiger charge is -2.05. The maximum absolute atomic E-state index is 5.17. The van der Waals surface area contributed by atoms with Crippen molar-refractivity contribution < 1.29 is 0 Å². The van der Waals surface area contributed by atoms with Crippen molar-refractivity contribution in [1.29, 1.82) is 0 Å². The highest BCUT2D eigenvalue weighted by atomic mass is 14.8. The summed E-state index contributed by atoms with van der Waals surface area (Å²) >= 11 is 0. The van der Waals surface area contributed by atoms with Gasteiger partial charge in [-0.05, 0) is 51.5 Å². The Labute approximate surface area is 206 Å². The van der Waals surface area contributed by atoms with E-state index < -0.39 is 0 Å². The van der Waals surface area contributed by atoms with E-state index in [1.807, 2.05) is 0 Å². The van der Waals surface area contributed by atoms with Gasteiger partial charge in [-0.3, -0.25) is 0 Å². The van der Waals surface area contributed by atoms with E-state index >= 15 is 0 Å². The molecule has 2 heterocycles. The second kappa shape index (κ2) is 8.25. The van der Waals surface area contributed by atoms with Gasteiger partial charge in [0.05, 0.1) is 17.1 Å². The minimum absolute atomic E-state index is 0.995. The number of nitrogens with one attached hydrogen (secondary N) is 1. The summed E-state index contributed by atoms with van der Waals surface area (Å²) in [5.41, 5.74) is 14.0. The maximum atomic E-state index is 5.17. The molecule has 0 radical (unpaired) electrons. The van der Waals surface area contributed by atoms with Crippen molar-refractivity contribution in [1.82, 2.24) is 4.98 Å². The van der Waals surface area contributed by atoms with E-state index in [1.54, 1.807) is 0 Å². The zero-order valence-corrected chi connectivity index (χ0v) is 20.6. The van der Waals surface area contributed by atoms with Gasteiger partial charge in [0.1, 0.15) is 0 Å². The number of hydrogen-bond donors (Lipinski definition) is 1. The number of aliphatic imine (C=N–C) groups is 1. The molecule has 0 atom stereocenters. The van der Waals surface area contributed by atoms with Crippen molar-refractivity contribution >= 4 is 28.3 Å². The van der Waals surface area contributed by atoms with Gasteiger partial charge in [0.15, 0.2) is 0 Å². The van der Waals surface area contributed by atoms with E-state index in [0.717, 1.165) is 28.4 Å². The molecule has 5 aromatic rings. The van der Waals surface area contributed by atoms with Gasteiger partial charge in [-0.25, -0.2) is 4.99 Å². The first-order valence-corrected chi connectivity index (χ1v) is 12.1. The Bertz CT molecular complexity index is 1640. The van der Waals surface area contributed by atoms with Gasteiger partial charge in [-0.1, -0.05) is 95.1 Å². The molecule has 2 heteroatoms. The summed E-state index contributed by atoms with van der Waals surface area (Å²) in [7, 11) is 0. The molecule has 2 nitrogen and oxygen atoms in total. The van der Waals surface area contributed by atoms with Crippen LogP contribution in [-0.4, -0.2) is 10.7 Å². The van der Waals surface area contributed by atoms with Crippen molar-refractivity contribution in [3.8, 4) is 11.3 Å². The molecule has 0 bridgehead atoms. The third-order valence-corrected chi connectivity index (χ3v) is 6.88. The van der Waals surface area contributed by atoms with E-state index in [9.17, 15) is 0 Å². The van der Waals surface area contributed by atoms with Crippen LogP contribution in [0.25, 0.3) is 33.8 Å². The molecular formula is C33H28N2. The highest BCUT2D eigenvalue weighted by Crippen LogP contribution is 2.37. The van der Waals surface area contributed by atoms with E-state index in [-0.39, 0.29) is 0 Å². The third kappa shape index (κ3) is 3.81. The fourth-order valence-electron chi connectivity index (χ4n) is 4.93. The van der Waals surface area contributed by atoms with Crippen molar-refractivity contribution in [2.24, 2.45) is 4.99 Å². The van der Waals surface area contributed by atoms with Crippen LogP contribution in [0.2, 0.25) is 0 Å². The monoisotopic (exact) mass is 452 g/mol. The van der Waals surface area contributed by atoms with Crippen LogP contribution in [-0.2, 0) is 0 Å². The minimum Gasteiger partial charge on any atom is -0.354 e. The van der Waals surface area contributed by atoms with E-state index in [0.29, 0.717) is 0 Å². The molecule has 0 amide bonds. The van der Waals surface area contributed by atoms with Crippen LogP contribution in [0.4, 0.5) is 0 Å². The molecule has 0 unspecified atom stereocenters. The molecule has 1 N–H and O–H groups in total. The Kier molecular flexibility index (Phi) is 5.04. The number of nitrogens with zero attached hydrogens (tertiary/aromatic N) is 1. The first-order valence-electron chi connectivity index (χ1n) is 12.1. The zero-order chi connectivity index (χ0) is 24.1. The standard InChI is InChI=1S/C33H28N2/c1-20-5-11-24(12-6-20)32-28-17-22(3)9-15-26(28)30(34-32)19-31-27-16-10-23(4)18-29(27)33(35-31)25-13-7-21(2)8-14-25/h5-19,34H,1-4H3. The molecule has 1 aliphatic rings. The topological polar surface area (TPSA) is 28.1 Å². The lowest BCUT2D eigenvalue weighted by molar-refractivity contribution is 1.37. The Hall–Kier alpha value is -4.17. The Morgan fingerprint density at radius 1 is 0.571 bits per heavy atom. The fraction of sp³-hybridized carbons (Fsp3) is 0.121. The number of aromatic nitrogens is 1. The molecule has 0 aliphatic carbocycles. The predicted octanol–water partition coefficient (Wildman–Crippen LogP) is 8.42. The van der Waals surface area contributed by atoms with Crippen LogP contribution in [0.3, 0.4) is 0 Å². The van der Waals surface area contributed by atoms with Crippen LogP contribution in [0.1, 0.15) is 44.6 Å². The quantitative estimate of drug-likeness (QED) is 0.285. The van der Waals surface area contributed by atoms with Crippen molar-refractivity contribution in [2.75, 3.05) is 0 Å². The Morgan fingerprint density at radius 2 is 1.17 bits per heavy atom. The minimum atomic E-state index is 0.995. The van der Waals surface area contributed by atoms with E-state index in [2.05, 4.69) is 124 Å². The molecule has 35 heavy (non-hydrogen) atoms. The SMILES string of the molecule is Cc1ccc(C2=NC(=Cc3[nH]c(-c4ccc(C)cc4)c4cc(C)ccc34)c3ccc(C)cc32)cc1. The average molecular weight is 453 g/mol. The van der Waals surface area contributed by atoms with Gasteiger partial charge in [0.25, 0.3) is 0 Å². The number of rotatable bonds is 3. The largest absolute Gasteiger partial charge is 0.354 e. The smallest absolute Gasteiger partial charge is 0.0788 e. The zero-order valence-electron chi connectivity index (χ0n) is 20.6. The van der Waals surface area contributed by atoms with E-state index in [1.165, 1.54) is 49.7 Å². The number of hydrogen-bond acceptors (Lipinski definition) is 1. The van der Waals surface area contributed by atoms with Gasteiger partial charge < -0.3 is 4.98 Å². The normalized spacial score (nSPS) is 13.9. The fourth-order valence-corrected chi connectivity index (χ4v) is 4.93. The lowest BCUT2D eigenvalue weighted by Crippen LogP contribution is -2.01. The first kappa shape index (κ1) is 21.4.